The van der Waals surface area contributed by atoms with Crippen molar-refractivity contribution < 1.29 is 18.7 Å². The number of amides is 2. The number of likely N-dealkylation sites (tertiary alicyclic amines) is 1. The Hall–Kier alpha value is -3.34. The fourth-order valence-electron chi connectivity index (χ4n) is 6.40. The lowest BCUT2D eigenvalue weighted by atomic mass is 9.72. The van der Waals surface area contributed by atoms with Crippen LogP contribution in [0.25, 0.3) is 0 Å². The molecule has 2 atom stereocenters. The number of carbonyl (C=O) groups excluding carboxylic acids is 2. The van der Waals surface area contributed by atoms with Gasteiger partial charge < -0.3 is 24.8 Å². The summed E-state index contributed by atoms with van der Waals surface area (Å²) >= 11 is 0. The van der Waals surface area contributed by atoms with Crippen molar-refractivity contribution in [1.29, 1.82) is 0 Å². The first-order valence-electron chi connectivity index (χ1n) is 14.3. The molecule has 2 amide bonds. The van der Waals surface area contributed by atoms with Gasteiger partial charge in [0, 0.05) is 43.7 Å². The van der Waals surface area contributed by atoms with Gasteiger partial charge in [-0.3, -0.25) is 9.59 Å². The van der Waals surface area contributed by atoms with Gasteiger partial charge in [0.1, 0.15) is 17.9 Å². The maximum Gasteiger partial charge on any atom is 0.282 e. The quantitative estimate of drug-likeness (QED) is 0.556. The summed E-state index contributed by atoms with van der Waals surface area (Å²) in [5.74, 6) is 0.686. The molecule has 4 heterocycles. The van der Waals surface area contributed by atoms with E-state index in [-0.39, 0.29) is 52.5 Å². The average molecular weight is 554 g/mol. The Balaban J connectivity index is 1.28. The molecule has 5 rings (SSSR count). The molecule has 1 aromatic heterocycles. The number of halogens is 1. The minimum Gasteiger partial charge on any atom is -0.434 e. The minimum atomic E-state index is -0.520. The molecule has 0 bridgehead atoms. The summed E-state index contributed by atoms with van der Waals surface area (Å²) in [4.78, 5) is 36.7. The highest BCUT2D eigenvalue weighted by molar-refractivity contribution is 5.97. The van der Waals surface area contributed by atoms with Gasteiger partial charge in [-0.1, -0.05) is 6.92 Å². The Morgan fingerprint density at radius 1 is 1.15 bits per heavy atom. The van der Waals surface area contributed by atoms with E-state index in [2.05, 4.69) is 32.3 Å². The van der Waals surface area contributed by atoms with E-state index in [0.717, 1.165) is 52.0 Å². The third kappa shape index (κ3) is 5.48. The predicted molar refractivity (Wildman–Crippen MR) is 149 cm³/mol. The first-order valence-corrected chi connectivity index (χ1v) is 14.3. The predicted octanol–water partition coefficient (Wildman–Crippen LogP) is 3.49. The van der Waals surface area contributed by atoms with E-state index >= 15 is 0 Å². The van der Waals surface area contributed by atoms with Crippen molar-refractivity contribution >= 4 is 17.6 Å². The monoisotopic (exact) mass is 553 g/mol. The molecule has 0 aliphatic carbocycles. The molecule has 3 aliphatic heterocycles. The lowest BCUT2D eigenvalue weighted by molar-refractivity contribution is -0.136. The van der Waals surface area contributed by atoms with E-state index in [9.17, 15) is 14.0 Å². The Kier molecular flexibility index (Phi) is 7.94. The molecule has 1 spiro atoms. The lowest BCUT2D eigenvalue weighted by Gasteiger charge is -2.54. The number of anilines is 1. The minimum absolute atomic E-state index is 0.0601. The second-order valence-corrected chi connectivity index (χ2v) is 12.1. The Bertz CT molecular complexity index is 1230. The topological polar surface area (TPSA) is 104 Å². The zero-order chi connectivity index (χ0) is 28.6. The van der Waals surface area contributed by atoms with Crippen molar-refractivity contribution in [2.75, 3.05) is 37.6 Å². The van der Waals surface area contributed by atoms with Gasteiger partial charge in [-0.2, -0.15) is 0 Å². The number of nitrogens with one attached hydrogen (secondary N) is 1. The van der Waals surface area contributed by atoms with Gasteiger partial charge in [0.2, 0.25) is 5.91 Å². The summed E-state index contributed by atoms with van der Waals surface area (Å²) in [6.45, 7) is 13.8. The van der Waals surface area contributed by atoms with Crippen LogP contribution in [0.3, 0.4) is 0 Å². The number of piperidine rings is 1. The highest BCUT2D eigenvalue weighted by Gasteiger charge is 2.47. The number of hydrogen-bond donors (Lipinski definition) is 1. The first-order chi connectivity index (χ1) is 19.1. The van der Waals surface area contributed by atoms with Crippen LogP contribution >= 0.6 is 0 Å². The Labute approximate surface area is 235 Å². The van der Waals surface area contributed by atoms with Crippen LogP contribution in [-0.4, -0.2) is 87.6 Å². The van der Waals surface area contributed by atoms with E-state index in [1.807, 2.05) is 32.6 Å². The van der Waals surface area contributed by atoms with Crippen molar-refractivity contribution in [3.8, 4) is 11.6 Å². The molecule has 11 heteroatoms. The van der Waals surface area contributed by atoms with Crippen molar-refractivity contribution in [3.05, 3.63) is 35.9 Å². The number of aromatic nitrogens is 3. The van der Waals surface area contributed by atoms with Gasteiger partial charge in [-0.05, 0) is 77.6 Å². The van der Waals surface area contributed by atoms with Crippen molar-refractivity contribution in [2.24, 2.45) is 11.3 Å². The summed E-state index contributed by atoms with van der Waals surface area (Å²) in [5, 5.41) is 11.4. The maximum atomic E-state index is 14.3. The fourth-order valence-corrected chi connectivity index (χ4v) is 6.40. The zero-order valence-electron chi connectivity index (χ0n) is 24.1. The fraction of sp³-hybridized carbons (Fsp3) is 0.621. The maximum absolute atomic E-state index is 14.3. The summed E-state index contributed by atoms with van der Waals surface area (Å²) in [6, 6.07) is 3.71. The SMILES string of the molecule is CC(C)N(C(=O)c1cc(F)ccc1Oc1nncnc1N1CC2(CCN(C(=O)[C@H]3NCC[C@H]3C)CC2)C1)C(C)C. The molecular formula is C29H40FN7O3. The third-order valence-corrected chi connectivity index (χ3v) is 8.58. The van der Waals surface area contributed by atoms with Crippen LogP contribution in [0.2, 0.25) is 0 Å². The number of benzene rings is 1. The van der Waals surface area contributed by atoms with E-state index in [1.54, 1.807) is 4.90 Å². The molecule has 3 saturated heterocycles. The Morgan fingerprint density at radius 2 is 1.85 bits per heavy atom. The lowest BCUT2D eigenvalue weighted by Crippen LogP contribution is -2.62. The highest BCUT2D eigenvalue weighted by Crippen LogP contribution is 2.44. The van der Waals surface area contributed by atoms with Crippen LogP contribution in [0, 0.1) is 17.2 Å². The van der Waals surface area contributed by atoms with Gasteiger partial charge in [0.15, 0.2) is 5.82 Å². The van der Waals surface area contributed by atoms with Gasteiger partial charge in [0.25, 0.3) is 11.8 Å². The molecule has 1 N–H and O–H groups in total. The standard InChI is InChI=1S/C29H40FN7O3/c1-18(2)37(19(3)4)27(38)22-14-21(30)6-7-23(22)40-26-25(32-17-33-34-26)36-15-29(16-36)9-12-35(13-10-29)28(39)24-20(5)8-11-31-24/h6-7,14,17-20,24,31H,8-13,15-16H2,1-5H3/t20-,24+/m1/s1. The molecule has 10 nitrogen and oxygen atoms in total. The first kappa shape index (κ1) is 28.2. The van der Waals surface area contributed by atoms with Gasteiger partial charge in [0.05, 0.1) is 11.6 Å². The second kappa shape index (κ2) is 11.3. The summed E-state index contributed by atoms with van der Waals surface area (Å²) < 4.78 is 20.4. The summed E-state index contributed by atoms with van der Waals surface area (Å²) in [7, 11) is 0. The van der Waals surface area contributed by atoms with Crippen molar-refractivity contribution in [1.82, 2.24) is 30.3 Å². The van der Waals surface area contributed by atoms with Crippen LogP contribution < -0.4 is 15.0 Å². The normalized spacial score (nSPS) is 22.1. The van der Waals surface area contributed by atoms with Crippen molar-refractivity contribution in [3.63, 3.8) is 0 Å². The summed E-state index contributed by atoms with van der Waals surface area (Å²) in [6.07, 6.45) is 4.28. The van der Waals surface area contributed by atoms with E-state index in [0.29, 0.717) is 11.7 Å². The molecule has 2 aromatic rings. The largest absolute Gasteiger partial charge is 0.434 e. The third-order valence-electron chi connectivity index (χ3n) is 8.58. The Morgan fingerprint density at radius 3 is 2.48 bits per heavy atom. The average Bonchev–Trinajstić information content (AvgIpc) is 3.33. The van der Waals surface area contributed by atoms with Crippen LogP contribution in [0.5, 0.6) is 11.6 Å². The van der Waals surface area contributed by atoms with Gasteiger partial charge in [-0.15, -0.1) is 10.2 Å². The second-order valence-electron chi connectivity index (χ2n) is 12.1. The zero-order valence-corrected chi connectivity index (χ0v) is 24.1. The number of nitrogens with zero attached hydrogens (tertiary/aromatic N) is 6. The number of hydrogen-bond acceptors (Lipinski definition) is 8. The van der Waals surface area contributed by atoms with E-state index in [4.69, 9.17) is 4.74 Å². The molecule has 40 heavy (non-hydrogen) atoms. The van der Waals surface area contributed by atoms with Crippen LogP contribution in [0.15, 0.2) is 24.5 Å². The van der Waals surface area contributed by atoms with Gasteiger partial charge in [-0.25, -0.2) is 9.37 Å². The van der Waals surface area contributed by atoms with E-state index in [1.165, 1.54) is 24.5 Å². The van der Waals surface area contributed by atoms with Crippen molar-refractivity contribution in [2.45, 2.75) is 72.0 Å². The van der Waals surface area contributed by atoms with Crippen LogP contribution in [0.1, 0.15) is 64.2 Å². The number of carbonyl (C=O) groups is 2. The highest BCUT2D eigenvalue weighted by atomic mass is 19.1. The molecule has 1 aromatic carbocycles. The number of rotatable bonds is 7. The summed E-state index contributed by atoms with van der Waals surface area (Å²) in [5.41, 5.74) is 0.238. The molecule has 216 valence electrons. The molecule has 3 fully saturated rings. The number of ether oxygens (including phenoxy) is 1. The molecular weight excluding hydrogens is 513 g/mol. The molecule has 3 aliphatic rings. The van der Waals surface area contributed by atoms with E-state index < -0.39 is 5.82 Å². The molecule has 0 unspecified atom stereocenters. The molecule has 0 saturated carbocycles. The van der Waals surface area contributed by atoms with Crippen LogP contribution in [-0.2, 0) is 4.79 Å². The molecule has 0 radical (unpaired) electrons. The van der Waals surface area contributed by atoms with Crippen LogP contribution in [0.4, 0.5) is 10.2 Å². The smallest absolute Gasteiger partial charge is 0.282 e. The van der Waals surface area contributed by atoms with Gasteiger partial charge >= 0.3 is 0 Å².